The minimum Gasteiger partial charge on any atom is -0.485 e. The monoisotopic (exact) mass is 505 g/mol. The quantitative estimate of drug-likeness (QED) is 0.347. The van der Waals surface area contributed by atoms with E-state index >= 15 is 0 Å². The molecule has 0 bridgehead atoms. The molecule has 1 aliphatic carbocycles. The summed E-state index contributed by atoms with van der Waals surface area (Å²) in [5, 5.41) is 6.08. The van der Waals surface area contributed by atoms with Crippen LogP contribution in [0.4, 0.5) is 18.3 Å². The zero-order valence-electron chi connectivity index (χ0n) is 18.5. The van der Waals surface area contributed by atoms with Crippen LogP contribution in [0.2, 0.25) is 0 Å². The van der Waals surface area contributed by atoms with E-state index in [1.807, 2.05) is 5.38 Å². The van der Waals surface area contributed by atoms with E-state index in [0.29, 0.717) is 11.3 Å². The molecule has 1 saturated heterocycles. The number of thiazole rings is 1. The van der Waals surface area contributed by atoms with Crippen LogP contribution in [0.25, 0.3) is 0 Å². The third-order valence-corrected chi connectivity index (χ3v) is 8.05. The van der Waals surface area contributed by atoms with Gasteiger partial charge in [0.1, 0.15) is 11.9 Å². The van der Waals surface area contributed by atoms with Crippen LogP contribution < -0.4 is 14.8 Å². The van der Waals surface area contributed by atoms with Crippen molar-refractivity contribution in [1.82, 2.24) is 10.3 Å². The van der Waals surface area contributed by atoms with Gasteiger partial charge in [0.2, 0.25) is 0 Å². The van der Waals surface area contributed by atoms with Gasteiger partial charge in [0.05, 0.1) is 5.56 Å². The first kappa shape index (κ1) is 23.5. The highest BCUT2D eigenvalue weighted by Crippen LogP contribution is 2.42. The van der Waals surface area contributed by atoms with E-state index in [1.165, 1.54) is 29.6 Å². The van der Waals surface area contributed by atoms with Gasteiger partial charge in [-0.25, -0.2) is 4.98 Å². The summed E-state index contributed by atoms with van der Waals surface area (Å²) in [7, 11) is 0. The van der Waals surface area contributed by atoms with Gasteiger partial charge in [0.15, 0.2) is 5.13 Å². The number of benzene rings is 2. The van der Waals surface area contributed by atoms with Gasteiger partial charge >= 0.3 is 6.18 Å². The number of alkyl halides is 3. The van der Waals surface area contributed by atoms with Crippen LogP contribution in [-0.4, -0.2) is 18.1 Å². The van der Waals surface area contributed by atoms with Crippen molar-refractivity contribution in [2.75, 3.05) is 17.8 Å². The van der Waals surface area contributed by atoms with E-state index < -0.39 is 11.7 Å². The van der Waals surface area contributed by atoms with Crippen LogP contribution in [0.1, 0.15) is 60.0 Å². The zero-order valence-corrected chi connectivity index (χ0v) is 20.2. The summed E-state index contributed by atoms with van der Waals surface area (Å²) in [6.45, 7) is 1.62. The summed E-state index contributed by atoms with van der Waals surface area (Å²) >= 11 is 3.08. The maximum Gasteiger partial charge on any atom is 0.416 e. The Morgan fingerprint density at radius 3 is 2.68 bits per heavy atom. The van der Waals surface area contributed by atoms with E-state index in [4.69, 9.17) is 4.74 Å². The summed E-state index contributed by atoms with van der Waals surface area (Å²) in [4.78, 5) is 5.33. The Bertz CT molecular complexity index is 1120. The lowest BCUT2D eigenvalue weighted by atomic mass is 9.87. The van der Waals surface area contributed by atoms with Crippen LogP contribution >= 0.6 is 23.3 Å². The fourth-order valence-corrected chi connectivity index (χ4v) is 6.03. The molecule has 3 aromatic rings. The molecule has 1 fully saturated rings. The summed E-state index contributed by atoms with van der Waals surface area (Å²) < 4.78 is 50.1. The normalized spacial score (nSPS) is 19.0. The van der Waals surface area contributed by atoms with Gasteiger partial charge in [0.25, 0.3) is 0 Å². The first-order valence-electron chi connectivity index (χ1n) is 11.5. The summed E-state index contributed by atoms with van der Waals surface area (Å²) in [5.74, 6) is 0.652. The molecule has 0 saturated carbocycles. The molecular weight excluding hydrogens is 479 g/mol. The Morgan fingerprint density at radius 1 is 1.06 bits per heavy atom. The molecule has 5 rings (SSSR count). The number of hydrogen-bond donors (Lipinski definition) is 2. The highest BCUT2D eigenvalue weighted by Gasteiger charge is 2.33. The topological polar surface area (TPSA) is 46.2 Å². The number of nitrogens with one attached hydrogen (secondary N) is 2. The van der Waals surface area contributed by atoms with Crippen molar-refractivity contribution < 1.29 is 17.9 Å². The largest absolute Gasteiger partial charge is 0.485 e. The van der Waals surface area contributed by atoms with Crippen molar-refractivity contribution in [3.8, 4) is 5.75 Å². The van der Waals surface area contributed by atoms with Gasteiger partial charge in [-0.1, -0.05) is 6.07 Å². The van der Waals surface area contributed by atoms with E-state index in [9.17, 15) is 13.2 Å². The predicted molar refractivity (Wildman–Crippen MR) is 131 cm³/mol. The highest BCUT2D eigenvalue weighted by atomic mass is 32.2. The minimum atomic E-state index is -4.36. The third-order valence-electron chi connectivity index (χ3n) is 6.45. The molecule has 0 amide bonds. The first-order chi connectivity index (χ1) is 16.5. The van der Waals surface area contributed by atoms with Gasteiger partial charge in [-0.05, 0) is 110 Å². The summed E-state index contributed by atoms with van der Waals surface area (Å²) in [6, 6.07) is 10.3. The number of ether oxygens (including phenoxy) is 1. The summed E-state index contributed by atoms with van der Waals surface area (Å²) in [5.41, 5.74) is 2.44. The molecule has 2 aromatic carbocycles. The minimum absolute atomic E-state index is 0.0670. The van der Waals surface area contributed by atoms with Gasteiger partial charge in [-0.3, -0.25) is 0 Å². The molecule has 1 aliphatic heterocycles. The molecule has 2 N–H and O–H groups in total. The molecule has 1 aromatic heterocycles. The molecule has 0 radical (unpaired) electrons. The molecule has 34 heavy (non-hydrogen) atoms. The Morgan fingerprint density at radius 2 is 1.91 bits per heavy atom. The Kier molecular flexibility index (Phi) is 7.04. The lowest BCUT2D eigenvalue weighted by Crippen LogP contribution is -2.27. The molecule has 0 spiro atoms. The van der Waals surface area contributed by atoms with Crippen molar-refractivity contribution in [2.24, 2.45) is 0 Å². The second-order valence-electron chi connectivity index (χ2n) is 8.68. The third kappa shape index (κ3) is 5.37. The number of halogens is 3. The van der Waals surface area contributed by atoms with E-state index in [1.54, 1.807) is 17.5 Å². The Labute approximate surface area is 205 Å². The number of piperidine rings is 1. The SMILES string of the molecule is FC(F)(F)c1ccc(OC2CCCc3cc(SNc4nccs4)ccc32)c(C2CCNCC2)c1. The Hall–Kier alpha value is -2.23. The van der Waals surface area contributed by atoms with Gasteiger partial charge < -0.3 is 14.8 Å². The summed E-state index contributed by atoms with van der Waals surface area (Å²) in [6.07, 6.45) is 1.66. The number of anilines is 1. The van der Waals surface area contributed by atoms with Crippen molar-refractivity contribution in [2.45, 2.75) is 55.2 Å². The number of hydrogen-bond acceptors (Lipinski definition) is 6. The van der Waals surface area contributed by atoms with Crippen LogP contribution in [0.3, 0.4) is 0 Å². The molecule has 9 heteroatoms. The Balaban J connectivity index is 1.38. The lowest BCUT2D eigenvalue weighted by Gasteiger charge is -2.30. The molecule has 4 nitrogen and oxygen atoms in total. The fraction of sp³-hybridized carbons (Fsp3) is 0.400. The maximum atomic E-state index is 13.4. The van der Waals surface area contributed by atoms with Crippen LogP contribution in [0.5, 0.6) is 5.75 Å². The van der Waals surface area contributed by atoms with Crippen molar-refractivity contribution in [3.63, 3.8) is 0 Å². The smallest absolute Gasteiger partial charge is 0.416 e. The zero-order chi connectivity index (χ0) is 23.5. The fourth-order valence-electron chi connectivity index (χ4n) is 4.75. The van der Waals surface area contributed by atoms with Crippen molar-refractivity contribution in [1.29, 1.82) is 0 Å². The second-order valence-corrected chi connectivity index (χ2v) is 10.4. The van der Waals surface area contributed by atoms with E-state index in [0.717, 1.165) is 66.9 Å². The number of aryl methyl sites for hydroxylation is 1. The average Bonchev–Trinajstić information content (AvgIpc) is 3.37. The van der Waals surface area contributed by atoms with E-state index in [-0.39, 0.29) is 12.0 Å². The second kappa shape index (κ2) is 10.2. The van der Waals surface area contributed by atoms with Crippen LogP contribution in [0.15, 0.2) is 52.9 Å². The standard InChI is InChI=1S/C25H26F3N3OS2/c26-25(27,28)18-4-7-23(21(15-18)16-8-10-29-11-9-16)32-22-3-1-2-17-14-19(5-6-20(17)22)34-31-24-30-12-13-33-24/h4-7,12-16,22,29H,1-3,8-11H2,(H,30,31). The van der Waals surface area contributed by atoms with Crippen LogP contribution in [-0.2, 0) is 12.6 Å². The predicted octanol–water partition coefficient (Wildman–Crippen LogP) is 7.20. The lowest BCUT2D eigenvalue weighted by molar-refractivity contribution is -0.137. The van der Waals surface area contributed by atoms with Gasteiger partial charge in [-0.2, -0.15) is 13.2 Å². The molecular formula is C25H26F3N3OS2. The highest BCUT2D eigenvalue weighted by molar-refractivity contribution is 8.00. The number of nitrogens with zero attached hydrogens (tertiary/aromatic N) is 1. The van der Waals surface area contributed by atoms with E-state index in [2.05, 4.69) is 33.2 Å². The molecule has 1 atom stereocenters. The molecule has 180 valence electrons. The number of rotatable bonds is 6. The van der Waals surface area contributed by atoms with Gasteiger partial charge in [-0.15, -0.1) is 11.3 Å². The van der Waals surface area contributed by atoms with Gasteiger partial charge in [0, 0.05) is 16.5 Å². The van der Waals surface area contributed by atoms with Crippen molar-refractivity contribution >= 4 is 28.4 Å². The molecule has 1 unspecified atom stereocenters. The van der Waals surface area contributed by atoms with Crippen molar-refractivity contribution in [3.05, 3.63) is 70.2 Å². The molecule has 2 heterocycles. The molecule has 2 aliphatic rings. The first-order valence-corrected chi connectivity index (χ1v) is 13.2. The number of aromatic nitrogens is 1. The number of fused-ring (bicyclic) bond motifs is 1. The van der Waals surface area contributed by atoms with Crippen LogP contribution in [0, 0.1) is 0 Å². The average molecular weight is 506 g/mol. The maximum absolute atomic E-state index is 13.4.